The molecule has 0 spiro atoms. The van der Waals surface area contributed by atoms with Gasteiger partial charge in [-0.05, 0) is 49.4 Å². The van der Waals surface area contributed by atoms with Crippen LogP contribution in [0.25, 0.3) is 0 Å². The Balaban J connectivity index is 5.19. The normalized spacial score (nSPS) is 14.3. The summed E-state index contributed by atoms with van der Waals surface area (Å²) in [7, 11) is -9.92. The van der Waals surface area contributed by atoms with E-state index in [1.165, 1.54) is 225 Å². The lowest BCUT2D eigenvalue weighted by Gasteiger charge is -2.21. The van der Waals surface area contributed by atoms with Crippen molar-refractivity contribution in [2.24, 2.45) is 23.7 Å². The number of rotatable bonds is 80. The molecule has 0 saturated heterocycles. The van der Waals surface area contributed by atoms with Crippen LogP contribution in [0.3, 0.4) is 0 Å². The van der Waals surface area contributed by atoms with Crippen molar-refractivity contribution in [1.82, 2.24) is 0 Å². The van der Waals surface area contributed by atoms with Crippen LogP contribution in [0.2, 0.25) is 0 Å². The van der Waals surface area contributed by atoms with Crippen LogP contribution in [0.4, 0.5) is 0 Å². The monoisotopic (exact) mass is 1490 g/mol. The van der Waals surface area contributed by atoms with Gasteiger partial charge in [-0.3, -0.25) is 37.3 Å². The number of aliphatic hydroxyl groups is 1. The number of carbonyl (C=O) groups excluding carboxylic acids is 4. The van der Waals surface area contributed by atoms with Gasteiger partial charge in [-0.25, -0.2) is 9.13 Å². The quantitative estimate of drug-likeness (QED) is 0.0222. The first kappa shape index (κ1) is 100. The number of esters is 4. The van der Waals surface area contributed by atoms with E-state index in [2.05, 4.69) is 55.4 Å². The first-order valence-electron chi connectivity index (χ1n) is 42.7. The van der Waals surface area contributed by atoms with Gasteiger partial charge in [-0.15, -0.1) is 0 Å². The van der Waals surface area contributed by atoms with Gasteiger partial charge in [0.15, 0.2) is 12.2 Å². The maximum atomic E-state index is 13.1. The topological polar surface area (TPSA) is 237 Å². The highest BCUT2D eigenvalue weighted by molar-refractivity contribution is 7.47. The molecule has 606 valence electrons. The average molecular weight is 1490 g/mol. The Hall–Kier alpha value is -1.94. The van der Waals surface area contributed by atoms with E-state index in [9.17, 15) is 43.2 Å². The van der Waals surface area contributed by atoms with Gasteiger partial charge in [0.1, 0.15) is 19.3 Å². The first-order valence-corrected chi connectivity index (χ1v) is 45.7. The highest BCUT2D eigenvalue weighted by Gasteiger charge is 2.30. The maximum absolute atomic E-state index is 13.1. The zero-order chi connectivity index (χ0) is 75.3. The molecule has 0 radical (unpaired) electrons. The molecule has 0 saturated carbocycles. The molecule has 3 N–H and O–H groups in total. The third-order valence-corrected chi connectivity index (χ3v) is 21.6. The fourth-order valence-electron chi connectivity index (χ4n) is 12.8. The Bertz CT molecular complexity index is 1990. The van der Waals surface area contributed by atoms with E-state index in [4.69, 9.17) is 37.0 Å². The number of aliphatic hydroxyl groups excluding tert-OH is 1. The number of unbranched alkanes of at least 4 members (excludes halogenated alkanes) is 45. The molecule has 0 aliphatic carbocycles. The molecule has 0 aliphatic heterocycles. The number of phosphoric acid groups is 2. The van der Waals surface area contributed by atoms with Crippen molar-refractivity contribution < 1.29 is 80.2 Å². The van der Waals surface area contributed by atoms with Gasteiger partial charge in [0.2, 0.25) is 0 Å². The maximum Gasteiger partial charge on any atom is 0.472 e. The van der Waals surface area contributed by atoms with E-state index in [0.717, 1.165) is 114 Å². The summed E-state index contributed by atoms with van der Waals surface area (Å²) in [6.07, 6.45) is 59.8. The zero-order valence-electron chi connectivity index (χ0n) is 67.2. The molecule has 0 aromatic carbocycles. The Morgan fingerprint density at radius 3 is 0.696 bits per heavy atom. The van der Waals surface area contributed by atoms with Gasteiger partial charge < -0.3 is 33.8 Å². The molecule has 102 heavy (non-hydrogen) atoms. The molecule has 0 aliphatic rings. The minimum absolute atomic E-state index is 0.106. The van der Waals surface area contributed by atoms with Crippen LogP contribution in [0.1, 0.15) is 428 Å². The number of phosphoric ester groups is 2. The van der Waals surface area contributed by atoms with Gasteiger partial charge in [0, 0.05) is 25.7 Å². The second-order valence-electron chi connectivity index (χ2n) is 31.5. The van der Waals surface area contributed by atoms with Crippen molar-refractivity contribution in [3.8, 4) is 0 Å². The van der Waals surface area contributed by atoms with E-state index < -0.39 is 97.5 Å². The van der Waals surface area contributed by atoms with Crippen LogP contribution >= 0.6 is 15.6 Å². The molecule has 6 atom stereocenters. The Kier molecular flexibility index (Phi) is 70.6. The molecule has 0 aromatic heterocycles. The number of hydrogen-bond donors (Lipinski definition) is 3. The second-order valence-corrected chi connectivity index (χ2v) is 34.4. The molecule has 0 bridgehead atoms. The standard InChI is InChI=1S/C83H162O17P2/c1-9-76(8)62-54-46-38-30-23-19-16-17-21-25-32-40-49-57-65-82(87)100-79(70-94-81(86)64-56-48-42-34-37-45-53-61-75(6)7)72-98-102(91,92)96-68-77(84)67-95-101(89,90)97-71-78(99-83(88)66-58-50-41-33-27-26-29-36-44-52-60-74(4)5)69-93-80(85)63-55-47-39-31-24-20-15-13-11-10-12-14-18-22-28-35-43-51-59-73(2)3/h73-79,84H,9-72H2,1-8H3,(H,89,90)(H,91,92)/t76?,77?,78-,79-/m1/s1. The second kappa shape index (κ2) is 72.0. The molecule has 4 unspecified atom stereocenters. The zero-order valence-corrected chi connectivity index (χ0v) is 69.0. The van der Waals surface area contributed by atoms with Crippen molar-refractivity contribution in [2.45, 2.75) is 446 Å². The van der Waals surface area contributed by atoms with E-state index in [0.29, 0.717) is 31.6 Å². The number of carbonyl (C=O) groups is 4. The minimum Gasteiger partial charge on any atom is -0.462 e. The summed E-state index contributed by atoms with van der Waals surface area (Å²) in [5.41, 5.74) is 0. The summed E-state index contributed by atoms with van der Waals surface area (Å²) in [5, 5.41) is 10.6. The molecule has 0 fully saturated rings. The highest BCUT2D eigenvalue weighted by atomic mass is 31.2. The average Bonchev–Trinajstić information content (AvgIpc) is 0.936. The van der Waals surface area contributed by atoms with E-state index in [1.807, 2.05) is 0 Å². The summed E-state index contributed by atoms with van der Waals surface area (Å²) in [4.78, 5) is 73.1. The van der Waals surface area contributed by atoms with Crippen molar-refractivity contribution >= 4 is 39.5 Å². The summed E-state index contributed by atoms with van der Waals surface area (Å²) in [6, 6.07) is 0. The molecule has 0 rings (SSSR count). The van der Waals surface area contributed by atoms with E-state index in [1.54, 1.807) is 0 Å². The van der Waals surface area contributed by atoms with Crippen molar-refractivity contribution in [1.29, 1.82) is 0 Å². The molecule has 0 aromatic rings. The van der Waals surface area contributed by atoms with Crippen LogP contribution in [-0.2, 0) is 65.4 Å². The molecule has 17 nitrogen and oxygen atoms in total. The van der Waals surface area contributed by atoms with Gasteiger partial charge in [-0.2, -0.15) is 0 Å². The van der Waals surface area contributed by atoms with E-state index >= 15 is 0 Å². The molecular weight excluding hydrogens is 1330 g/mol. The lowest BCUT2D eigenvalue weighted by atomic mass is 9.99. The molecule has 0 heterocycles. The van der Waals surface area contributed by atoms with Crippen LogP contribution in [0, 0.1) is 23.7 Å². The fraction of sp³-hybridized carbons (Fsp3) is 0.952. The lowest BCUT2D eigenvalue weighted by Crippen LogP contribution is -2.30. The van der Waals surface area contributed by atoms with Crippen LogP contribution in [0.15, 0.2) is 0 Å². The SMILES string of the molecule is CCC(C)CCCCCCCCCCCCCCCCC(=O)O[C@H](COC(=O)CCCCCCCCCC(C)C)COP(=O)(O)OCC(O)COP(=O)(O)OC[C@@H](COC(=O)CCCCCCCCCCCCCCCCCCCCC(C)C)OC(=O)CCCCCCCCCCCCC(C)C. The first-order chi connectivity index (χ1) is 49.1. The third-order valence-electron chi connectivity index (χ3n) is 19.7. The predicted octanol–water partition coefficient (Wildman–Crippen LogP) is 24.8. The van der Waals surface area contributed by atoms with E-state index in [-0.39, 0.29) is 25.7 Å². The fourth-order valence-corrected chi connectivity index (χ4v) is 14.3. The summed E-state index contributed by atoms with van der Waals surface area (Å²) >= 11 is 0. The Morgan fingerprint density at radius 1 is 0.275 bits per heavy atom. The van der Waals surface area contributed by atoms with Crippen LogP contribution in [0.5, 0.6) is 0 Å². The third kappa shape index (κ3) is 74.9. The number of ether oxygens (including phenoxy) is 4. The van der Waals surface area contributed by atoms with Gasteiger partial charge in [0.25, 0.3) is 0 Å². The largest absolute Gasteiger partial charge is 0.472 e. The van der Waals surface area contributed by atoms with Crippen molar-refractivity contribution in [2.75, 3.05) is 39.6 Å². The Labute approximate surface area is 626 Å². The van der Waals surface area contributed by atoms with Gasteiger partial charge in [0.05, 0.1) is 26.4 Å². The Morgan fingerprint density at radius 2 is 0.471 bits per heavy atom. The molecular formula is C83H162O17P2. The number of hydrogen-bond acceptors (Lipinski definition) is 15. The summed E-state index contributed by atoms with van der Waals surface area (Å²) in [5.74, 6) is 1.01. The van der Waals surface area contributed by atoms with Crippen molar-refractivity contribution in [3.63, 3.8) is 0 Å². The predicted molar refractivity (Wildman–Crippen MR) is 418 cm³/mol. The highest BCUT2D eigenvalue weighted by Crippen LogP contribution is 2.45. The molecule has 19 heteroatoms. The van der Waals surface area contributed by atoms with Crippen LogP contribution in [-0.4, -0.2) is 96.7 Å². The van der Waals surface area contributed by atoms with Gasteiger partial charge >= 0.3 is 39.5 Å². The van der Waals surface area contributed by atoms with Crippen molar-refractivity contribution in [3.05, 3.63) is 0 Å². The summed E-state index contributed by atoms with van der Waals surface area (Å²) in [6.45, 7) is 14.3. The van der Waals surface area contributed by atoms with Gasteiger partial charge in [-0.1, -0.05) is 376 Å². The van der Waals surface area contributed by atoms with Crippen LogP contribution < -0.4 is 0 Å². The minimum atomic E-state index is -4.96. The molecule has 0 amide bonds. The summed E-state index contributed by atoms with van der Waals surface area (Å²) < 4.78 is 68.7. The smallest absolute Gasteiger partial charge is 0.462 e. The lowest BCUT2D eigenvalue weighted by molar-refractivity contribution is -0.161.